The minimum Gasteiger partial charge on any atom is -0.348 e. The van der Waals surface area contributed by atoms with Crippen molar-refractivity contribution in [2.45, 2.75) is 26.3 Å². The number of halogens is 2. The van der Waals surface area contributed by atoms with E-state index in [0.29, 0.717) is 28.1 Å². The molecule has 0 saturated heterocycles. The van der Waals surface area contributed by atoms with Crippen LogP contribution in [0.1, 0.15) is 41.3 Å². The highest BCUT2D eigenvalue weighted by atomic mass is 35.5. The summed E-state index contributed by atoms with van der Waals surface area (Å²) in [5.74, 6) is 0.339. The summed E-state index contributed by atoms with van der Waals surface area (Å²) in [6.07, 6.45) is 0. The molecular formula is C17H17Cl2NO. The summed E-state index contributed by atoms with van der Waals surface area (Å²) in [4.78, 5) is 12.0. The number of hydrogen-bond donors (Lipinski definition) is 1. The molecule has 0 saturated carbocycles. The third kappa shape index (κ3) is 4.23. The molecule has 0 heterocycles. The second-order valence-electron chi connectivity index (χ2n) is 5.21. The molecule has 0 aliphatic rings. The van der Waals surface area contributed by atoms with Crippen LogP contribution in [-0.4, -0.2) is 5.91 Å². The van der Waals surface area contributed by atoms with Crippen LogP contribution >= 0.6 is 23.2 Å². The first-order valence-corrected chi connectivity index (χ1v) is 7.55. The summed E-state index contributed by atoms with van der Waals surface area (Å²) >= 11 is 11.7. The van der Waals surface area contributed by atoms with E-state index in [-0.39, 0.29) is 5.91 Å². The van der Waals surface area contributed by atoms with Crippen LogP contribution in [0.4, 0.5) is 0 Å². The van der Waals surface area contributed by atoms with E-state index in [1.165, 1.54) is 5.56 Å². The highest BCUT2D eigenvalue weighted by molar-refractivity contribution is 6.42. The fourth-order valence-corrected chi connectivity index (χ4v) is 2.24. The molecule has 2 rings (SSSR count). The largest absolute Gasteiger partial charge is 0.348 e. The highest BCUT2D eigenvalue weighted by Gasteiger charge is 2.08. The molecule has 0 unspecified atom stereocenters. The van der Waals surface area contributed by atoms with Crippen LogP contribution in [0.25, 0.3) is 0 Å². The molecule has 110 valence electrons. The molecule has 0 aliphatic carbocycles. The Hall–Kier alpha value is -1.51. The molecule has 0 bridgehead atoms. The topological polar surface area (TPSA) is 29.1 Å². The summed E-state index contributed by atoms with van der Waals surface area (Å²) in [5.41, 5.74) is 2.85. The van der Waals surface area contributed by atoms with Gasteiger partial charge in [0.25, 0.3) is 5.91 Å². The predicted octanol–water partition coefficient (Wildman–Crippen LogP) is 5.05. The van der Waals surface area contributed by atoms with Crippen LogP contribution in [0, 0.1) is 0 Å². The molecule has 1 amide bonds. The van der Waals surface area contributed by atoms with Crippen molar-refractivity contribution in [3.8, 4) is 0 Å². The summed E-state index contributed by atoms with van der Waals surface area (Å²) in [6, 6.07) is 13.1. The molecule has 1 N–H and O–H groups in total. The van der Waals surface area contributed by atoms with Crippen LogP contribution in [0.15, 0.2) is 42.5 Å². The van der Waals surface area contributed by atoms with Crippen LogP contribution in [0.3, 0.4) is 0 Å². The summed E-state index contributed by atoms with van der Waals surface area (Å²) in [7, 11) is 0. The van der Waals surface area contributed by atoms with Crippen molar-refractivity contribution >= 4 is 29.1 Å². The second kappa shape index (κ2) is 6.97. The van der Waals surface area contributed by atoms with Gasteiger partial charge in [-0.3, -0.25) is 4.79 Å². The van der Waals surface area contributed by atoms with E-state index in [2.05, 4.69) is 31.3 Å². The van der Waals surface area contributed by atoms with Gasteiger partial charge in [0.1, 0.15) is 0 Å². The Bertz CT molecular complexity index is 636. The molecular weight excluding hydrogens is 305 g/mol. The van der Waals surface area contributed by atoms with Crippen LogP contribution in [0.5, 0.6) is 0 Å². The molecule has 0 fully saturated rings. The number of nitrogens with one attached hydrogen (secondary N) is 1. The third-order valence-corrected chi connectivity index (χ3v) is 4.02. The van der Waals surface area contributed by atoms with Crippen molar-refractivity contribution in [2.75, 3.05) is 0 Å². The van der Waals surface area contributed by atoms with Gasteiger partial charge in [-0.15, -0.1) is 0 Å². The van der Waals surface area contributed by atoms with E-state index in [9.17, 15) is 4.79 Å². The molecule has 4 heteroatoms. The third-order valence-electron chi connectivity index (χ3n) is 3.28. The maximum Gasteiger partial charge on any atom is 0.251 e. The fourth-order valence-electron chi connectivity index (χ4n) is 1.94. The van der Waals surface area contributed by atoms with Crippen LogP contribution in [-0.2, 0) is 6.54 Å². The monoisotopic (exact) mass is 321 g/mol. The van der Waals surface area contributed by atoms with Crippen LogP contribution in [0.2, 0.25) is 10.0 Å². The normalized spacial score (nSPS) is 10.7. The van der Waals surface area contributed by atoms with Crippen molar-refractivity contribution in [1.29, 1.82) is 0 Å². The molecule has 0 aliphatic heterocycles. The summed E-state index contributed by atoms with van der Waals surface area (Å²) < 4.78 is 0. The van der Waals surface area contributed by atoms with E-state index < -0.39 is 0 Å². The van der Waals surface area contributed by atoms with E-state index in [4.69, 9.17) is 23.2 Å². The van der Waals surface area contributed by atoms with Crippen molar-refractivity contribution in [2.24, 2.45) is 0 Å². The second-order valence-corrected chi connectivity index (χ2v) is 6.02. The predicted molar refractivity (Wildman–Crippen MR) is 88.2 cm³/mol. The van der Waals surface area contributed by atoms with Gasteiger partial charge in [0, 0.05) is 12.1 Å². The number of hydrogen-bond acceptors (Lipinski definition) is 1. The van der Waals surface area contributed by atoms with Crippen molar-refractivity contribution in [1.82, 2.24) is 5.32 Å². The zero-order chi connectivity index (χ0) is 15.4. The average Bonchev–Trinajstić information content (AvgIpc) is 2.48. The Morgan fingerprint density at radius 1 is 1.05 bits per heavy atom. The minimum absolute atomic E-state index is 0.165. The zero-order valence-corrected chi connectivity index (χ0v) is 13.5. The SMILES string of the molecule is CC(C)c1ccc(CNC(=O)c2ccc(Cl)c(Cl)c2)cc1. The number of carbonyl (C=O) groups excluding carboxylic acids is 1. The van der Waals surface area contributed by atoms with Gasteiger partial charge in [0.2, 0.25) is 0 Å². The van der Waals surface area contributed by atoms with E-state index in [1.54, 1.807) is 18.2 Å². The highest BCUT2D eigenvalue weighted by Crippen LogP contribution is 2.22. The Morgan fingerprint density at radius 2 is 1.71 bits per heavy atom. The van der Waals surface area contributed by atoms with Gasteiger partial charge >= 0.3 is 0 Å². The smallest absolute Gasteiger partial charge is 0.251 e. The first kappa shape index (κ1) is 15.9. The average molecular weight is 322 g/mol. The summed E-state index contributed by atoms with van der Waals surface area (Å²) in [6.45, 7) is 4.79. The molecule has 2 aromatic carbocycles. The van der Waals surface area contributed by atoms with Crippen molar-refractivity contribution < 1.29 is 4.79 Å². The van der Waals surface area contributed by atoms with Crippen LogP contribution < -0.4 is 5.32 Å². The van der Waals surface area contributed by atoms with Gasteiger partial charge in [-0.05, 0) is 35.2 Å². The van der Waals surface area contributed by atoms with Gasteiger partial charge in [0.05, 0.1) is 10.0 Å². The fraction of sp³-hybridized carbons (Fsp3) is 0.235. The first-order chi connectivity index (χ1) is 9.97. The molecule has 2 aromatic rings. The lowest BCUT2D eigenvalue weighted by Gasteiger charge is -2.09. The minimum atomic E-state index is -0.165. The molecule has 0 radical (unpaired) electrons. The summed E-state index contributed by atoms with van der Waals surface area (Å²) in [5, 5.41) is 3.69. The number of rotatable bonds is 4. The molecule has 2 nitrogen and oxygen atoms in total. The Morgan fingerprint density at radius 3 is 2.29 bits per heavy atom. The van der Waals surface area contributed by atoms with Gasteiger partial charge in [-0.1, -0.05) is 61.3 Å². The molecule has 0 spiro atoms. The van der Waals surface area contributed by atoms with Gasteiger partial charge in [-0.25, -0.2) is 0 Å². The van der Waals surface area contributed by atoms with E-state index >= 15 is 0 Å². The lowest BCUT2D eigenvalue weighted by molar-refractivity contribution is 0.0951. The Balaban J connectivity index is 1.98. The van der Waals surface area contributed by atoms with Gasteiger partial charge in [-0.2, -0.15) is 0 Å². The van der Waals surface area contributed by atoms with Crippen molar-refractivity contribution in [3.63, 3.8) is 0 Å². The standard InChI is InChI=1S/C17H17Cl2NO/c1-11(2)13-5-3-12(4-6-13)10-20-17(21)14-7-8-15(18)16(19)9-14/h3-9,11H,10H2,1-2H3,(H,20,21). The quantitative estimate of drug-likeness (QED) is 0.839. The number of amides is 1. The Kier molecular flexibility index (Phi) is 5.27. The zero-order valence-electron chi connectivity index (χ0n) is 12.0. The molecule has 0 atom stereocenters. The number of carbonyl (C=O) groups is 1. The lowest BCUT2D eigenvalue weighted by Crippen LogP contribution is -2.22. The van der Waals surface area contributed by atoms with Gasteiger partial charge < -0.3 is 5.32 Å². The Labute approximate surface area is 135 Å². The van der Waals surface area contributed by atoms with Crippen molar-refractivity contribution in [3.05, 3.63) is 69.2 Å². The maximum atomic E-state index is 12.0. The van der Waals surface area contributed by atoms with E-state index in [0.717, 1.165) is 5.56 Å². The van der Waals surface area contributed by atoms with Gasteiger partial charge in [0.15, 0.2) is 0 Å². The van der Waals surface area contributed by atoms with E-state index in [1.807, 2.05) is 12.1 Å². The molecule has 0 aromatic heterocycles. The number of benzene rings is 2. The molecule has 21 heavy (non-hydrogen) atoms. The lowest BCUT2D eigenvalue weighted by atomic mass is 10.0. The first-order valence-electron chi connectivity index (χ1n) is 6.79. The maximum absolute atomic E-state index is 12.0.